The van der Waals surface area contributed by atoms with Gasteiger partial charge in [0.1, 0.15) is 5.75 Å². The Morgan fingerprint density at radius 2 is 1.50 bits per heavy atom. The topological polar surface area (TPSA) is 24.8 Å². The number of hydrogen-bond acceptors (Lipinski definition) is 3. The van der Waals surface area contributed by atoms with Crippen LogP contribution >= 0.6 is 0 Å². The monoisotopic (exact) mass is 444 g/mol. The van der Waals surface area contributed by atoms with Gasteiger partial charge in [-0.25, -0.2) is 5.01 Å². The minimum absolute atomic E-state index is 0.236. The lowest BCUT2D eigenvalue weighted by atomic mass is 9.78. The molecule has 0 N–H and O–H groups in total. The smallest absolute Gasteiger partial charge is 0.198 e. The fourth-order valence-electron chi connectivity index (χ4n) is 6.23. The molecule has 1 saturated carbocycles. The van der Waals surface area contributed by atoms with Crippen molar-refractivity contribution in [2.75, 3.05) is 0 Å². The molecule has 4 aromatic rings. The molecule has 0 radical (unpaired) electrons. The second kappa shape index (κ2) is 7.73. The van der Waals surface area contributed by atoms with E-state index in [1.54, 1.807) is 0 Å². The van der Waals surface area contributed by atoms with Gasteiger partial charge in [0.25, 0.3) is 0 Å². The van der Waals surface area contributed by atoms with E-state index in [1.807, 2.05) is 0 Å². The van der Waals surface area contributed by atoms with Crippen LogP contribution in [-0.4, -0.2) is 16.4 Å². The van der Waals surface area contributed by atoms with Crippen LogP contribution in [0.5, 0.6) is 5.75 Å². The molecule has 0 saturated heterocycles. The third-order valence-electron chi connectivity index (χ3n) is 8.03. The van der Waals surface area contributed by atoms with Crippen molar-refractivity contribution in [1.29, 1.82) is 0 Å². The summed E-state index contributed by atoms with van der Waals surface area (Å²) in [6.07, 6.45) is 5.15. The molecule has 2 heterocycles. The first-order valence-corrected chi connectivity index (χ1v) is 12.5. The average molecular weight is 445 g/mol. The summed E-state index contributed by atoms with van der Waals surface area (Å²) < 4.78 is 6.83. The van der Waals surface area contributed by atoms with Crippen LogP contribution in [0.3, 0.4) is 0 Å². The molecule has 1 aliphatic carbocycles. The first-order chi connectivity index (χ1) is 16.8. The third-order valence-corrected chi connectivity index (χ3v) is 8.03. The molecule has 1 fully saturated rings. The maximum atomic E-state index is 6.83. The van der Waals surface area contributed by atoms with Gasteiger partial charge in [-0.05, 0) is 52.8 Å². The van der Waals surface area contributed by atoms with E-state index in [9.17, 15) is 0 Å². The van der Waals surface area contributed by atoms with Crippen LogP contribution in [0.1, 0.15) is 60.8 Å². The molecule has 0 amide bonds. The van der Waals surface area contributed by atoms with Crippen molar-refractivity contribution in [3.63, 3.8) is 0 Å². The Bertz CT molecular complexity index is 1380. The highest BCUT2D eigenvalue weighted by atomic mass is 16.5. The van der Waals surface area contributed by atoms with Gasteiger partial charge in [-0.15, -0.1) is 0 Å². The number of benzene rings is 4. The molecule has 4 aromatic carbocycles. The van der Waals surface area contributed by atoms with E-state index in [4.69, 9.17) is 9.84 Å². The van der Waals surface area contributed by atoms with E-state index in [0.717, 1.165) is 37.9 Å². The summed E-state index contributed by atoms with van der Waals surface area (Å²) in [5.41, 5.74) is 4.74. The first kappa shape index (κ1) is 19.8. The second-order valence-electron chi connectivity index (χ2n) is 9.94. The fourth-order valence-corrected chi connectivity index (χ4v) is 6.23. The molecular weight excluding hydrogens is 416 g/mol. The molecule has 0 unspecified atom stereocenters. The van der Waals surface area contributed by atoms with Crippen molar-refractivity contribution < 1.29 is 4.74 Å². The highest BCUT2D eigenvalue weighted by Gasteiger charge is 2.51. The summed E-state index contributed by atoms with van der Waals surface area (Å²) >= 11 is 0. The Morgan fingerprint density at radius 3 is 2.35 bits per heavy atom. The Hall–Kier alpha value is -3.59. The van der Waals surface area contributed by atoms with Gasteiger partial charge in [-0.2, -0.15) is 5.10 Å². The van der Waals surface area contributed by atoms with Crippen molar-refractivity contribution in [2.45, 2.75) is 49.8 Å². The molecular formula is C31H28N2O. The lowest BCUT2D eigenvalue weighted by molar-refractivity contribution is -0.142. The lowest BCUT2D eigenvalue weighted by Gasteiger charge is -2.50. The summed E-state index contributed by atoms with van der Waals surface area (Å²) in [5.74, 6) is 1.63. The molecule has 1 atom stereocenters. The van der Waals surface area contributed by atoms with Crippen molar-refractivity contribution in [2.24, 2.45) is 5.10 Å². The number of hydrogen-bond donors (Lipinski definition) is 0. The van der Waals surface area contributed by atoms with E-state index in [-0.39, 0.29) is 11.8 Å². The quantitative estimate of drug-likeness (QED) is 0.321. The molecule has 3 heteroatoms. The maximum absolute atomic E-state index is 6.83. The number of nitrogens with zero attached hydrogens (tertiary/aromatic N) is 2. The van der Waals surface area contributed by atoms with Gasteiger partial charge >= 0.3 is 0 Å². The van der Waals surface area contributed by atoms with Crippen LogP contribution < -0.4 is 4.74 Å². The van der Waals surface area contributed by atoms with Gasteiger partial charge in [0.05, 0.1) is 11.8 Å². The molecule has 3 aliphatic rings. The molecule has 2 aliphatic heterocycles. The van der Waals surface area contributed by atoms with Crippen molar-refractivity contribution in [3.8, 4) is 5.75 Å². The summed E-state index contributed by atoms with van der Waals surface area (Å²) in [5, 5.41) is 10.2. The largest absolute Gasteiger partial charge is 0.466 e. The van der Waals surface area contributed by atoms with E-state index in [2.05, 4.69) is 102 Å². The van der Waals surface area contributed by atoms with Crippen molar-refractivity contribution in [3.05, 3.63) is 114 Å². The standard InChI is InChI=1S/C31H28N2O/c1-2-8-22(9-3-1)24-16-18-31(19-17-24)33-29(27-12-6-7-13-30(27)34-31)21-28(32-33)26-15-14-23-10-4-5-11-25(23)20-26/h1-15,20,24,29H,16-19,21H2/t24?,29-,31?/m0/s1. The number of rotatable bonds is 2. The number of para-hydroxylation sites is 1. The third kappa shape index (κ3) is 3.14. The molecule has 3 nitrogen and oxygen atoms in total. The van der Waals surface area contributed by atoms with Crippen LogP contribution in [0.25, 0.3) is 10.8 Å². The molecule has 34 heavy (non-hydrogen) atoms. The van der Waals surface area contributed by atoms with E-state index < -0.39 is 0 Å². The van der Waals surface area contributed by atoms with Gasteiger partial charge < -0.3 is 4.74 Å². The minimum atomic E-state index is -0.358. The highest BCUT2D eigenvalue weighted by molar-refractivity contribution is 6.04. The Kier molecular flexibility index (Phi) is 4.51. The Balaban J connectivity index is 1.25. The first-order valence-electron chi connectivity index (χ1n) is 12.5. The normalized spacial score (nSPS) is 25.5. The van der Waals surface area contributed by atoms with Crippen LogP contribution in [0.2, 0.25) is 0 Å². The molecule has 0 aromatic heterocycles. The Labute approximate surface area is 200 Å². The van der Waals surface area contributed by atoms with E-state index >= 15 is 0 Å². The van der Waals surface area contributed by atoms with Crippen molar-refractivity contribution in [1.82, 2.24) is 5.01 Å². The average Bonchev–Trinajstić information content (AvgIpc) is 3.37. The zero-order chi connectivity index (χ0) is 22.5. The molecule has 7 rings (SSSR count). The molecule has 0 bridgehead atoms. The SMILES string of the molecule is c1ccc(C2CCC3(CC2)Oc2ccccc2[C@@H]2CC(c4ccc5ccccc5c4)=NN23)cc1. The lowest BCUT2D eigenvalue weighted by Crippen LogP contribution is -2.55. The molecule has 1 spiro atoms. The maximum Gasteiger partial charge on any atom is 0.198 e. The fraction of sp³-hybridized carbons (Fsp3) is 0.258. The van der Waals surface area contributed by atoms with Crippen LogP contribution in [-0.2, 0) is 0 Å². The van der Waals surface area contributed by atoms with Gasteiger partial charge in [0.15, 0.2) is 5.72 Å². The second-order valence-corrected chi connectivity index (χ2v) is 9.94. The Morgan fingerprint density at radius 1 is 0.765 bits per heavy atom. The minimum Gasteiger partial charge on any atom is -0.466 e. The van der Waals surface area contributed by atoms with Gasteiger partial charge in [-0.1, -0.05) is 84.9 Å². The highest BCUT2D eigenvalue weighted by Crippen LogP contribution is 2.53. The molecule has 168 valence electrons. The predicted molar refractivity (Wildman–Crippen MR) is 137 cm³/mol. The van der Waals surface area contributed by atoms with E-state index in [0.29, 0.717) is 5.92 Å². The summed E-state index contributed by atoms with van der Waals surface area (Å²) in [6, 6.07) is 35.1. The van der Waals surface area contributed by atoms with Gasteiger partial charge in [0, 0.05) is 24.8 Å². The number of hydrazone groups is 1. The predicted octanol–water partition coefficient (Wildman–Crippen LogP) is 7.44. The van der Waals surface area contributed by atoms with E-state index in [1.165, 1.54) is 33.2 Å². The van der Waals surface area contributed by atoms with Crippen LogP contribution in [0, 0.1) is 0 Å². The summed E-state index contributed by atoms with van der Waals surface area (Å²) in [6.45, 7) is 0. The van der Waals surface area contributed by atoms with Crippen LogP contribution in [0.15, 0.2) is 102 Å². The van der Waals surface area contributed by atoms with Gasteiger partial charge in [-0.3, -0.25) is 0 Å². The van der Waals surface area contributed by atoms with Crippen LogP contribution in [0.4, 0.5) is 0 Å². The zero-order valence-electron chi connectivity index (χ0n) is 19.2. The zero-order valence-corrected chi connectivity index (χ0v) is 19.2. The summed E-state index contributed by atoms with van der Waals surface area (Å²) in [7, 11) is 0. The number of fused-ring (bicyclic) bond motifs is 5. The van der Waals surface area contributed by atoms with Gasteiger partial charge in [0.2, 0.25) is 0 Å². The summed E-state index contributed by atoms with van der Waals surface area (Å²) in [4.78, 5) is 0. The number of ether oxygens (including phenoxy) is 1. The van der Waals surface area contributed by atoms with Crippen molar-refractivity contribution >= 4 is 16.5 Å².